The summed E-state index contributed by atoms with van der Waals surface area (Å²) in [7, 11) is 0. The fourth-order valence-corrected chi connectivity index (χ4v) is 2.05. The van der Waals surface area contributed by atoms with Crippen LogP contribution in [0.2, 0.25) is 0 Å². The third-order valence-electron chi connectivity index (χ3n) is 2.71. The molecule has 0 aromatic heterocycles. The lowest BCUT2D eigenvalue weighted by molar-refractivity contribution is -0.129. The number of amides is 1. The molecule has 2 N–H and O–H groups in total. The zero-order valence-corrected chi connectivity index (χ0v) is 7.65. The number of hydrogen-bond donors (Lipinski definition) is 1. The van der Waals surface area contributed by atoms with Gasteiger partial charge >= 0.3 is 0 Å². The van der Waals surface area contributed by atoms with Crippen molar-refractivity contribution in [2.45, 2.75) is 31.3 Å². The Hall–Kier alpha value is -0.900. The predicted octanol–water partition coefficient (Wildman–Crippen LogP) is -0.221. The van der Waals surface area contributed by atoms with Crippen molar-refractivity contribution in [3.05, 3.63) is 0 Å². The van der Waals surface area contributed by atoms with Gasteiger partial charge < -0.3 is 10.6 Å². The monoisotopic (exact) mass is 181 g/mol. The molecule has 0 aromatic rings. The van der Waals surface area contributed by atoms with E-state index in [1.165, 1.54) is 0 Å². The van der Waals surface area contributed by atoms with Crippen LogP contribution in [0.3, 0.4) is 0 Å². The highest BCUT2D eigenvalue weighted by Crippen LogP contribution is 2.18. The molecule has 4 nitrogen and oxygen atoms in total. The van der Waals surface area contributed by atoms with Crippen molar-refractivity contribution < 1.29 is 4.79 Å². The molecule has 4 heteroatoms. The van der Waals surface area contributed by atoms with Gasteiger partial charge in [0, 0.05) is 25.2 Å². The smallest absolute Gasteiger partial charge is 0.222 e. The second kappa shape index (κ2) is 3.46. The maximum atomic E-state index is 11.4. The third-order valence-corrected chi connectivity index (χ3v) is 2.71. The van der Waals surface area contributed by atoms with Gasteiger partial charge in [0.2, 0.25) is 5.91 Å². The molecular weight excluding hydrogens is 166 g/mol. The standard InChI is InChI=1S/C9H15N3O/c10-7-4-8(6-11-5-7)12-3-1-2-9(12)13/h5,7-8H,1-4,6,10H2. The van der Waals surface area contributed by atoms with Gasteiger partial charge in [-0.05, 0) is 12.8 Å². The highest BCUT2D eigenvalue weighted by atomic mass is 16.2. The second-order valence-corrected chi connectivity index (χ2v) is 3.76. The van der Waals surface area contributed by atoms with Crippen LogP contribution in [0.25, 0.3) is 0 Å². The van der Waals surface area contributed by atoms with Crippen molar-refractivity contribution in [3.63, 3.8) is 0 Å². The Bertz CT molecular complexity index is 239. The average molecular weight is 181 g/mol. The zero-order chi connectivity index (χ0) is 9.26. The first-order chi connectivity index (χ1) is 6.27. The van der Waals surface area contributed by atoms with Crippen LogP contribution in [0.15, 0.2) is 4.99 Å². The summed E-state index contributed by atoms with van der Waals surface area (Å²) in [5.74, 6) is 0.273. The Morgan fingerprint density at radius 1 is 1.62 bits per heavy atom. The van der Waals surface area contributed by atoms with Crippen molar-refractivity contribution in [1.29, 1.82) is 0 Å². The minimum atomic E-state index is 0.0344. The van der Waals surface area contributed by atoms with E-state index >= 15 is 0 Å². The molecule has 0 spiro atoms. The molecule has 2 unspecified atom stereocenters. The molecule has 0 saturated carbocycles. The van der Waals surface area contributed by atoms with Gasteiger partial charge in [0.25, 0.3) is 0 Å². The number of nitrogens with zero attached hydrogens (tertiary/aromatic N) is 2. The number of aliphatic imine (C=N–C) groups is 1. The Kier molecular flexibility index (Phi) is 2.31. The minimum Gasteiger partial charge on any atom is -0.338 e. The Morgan fingerprint density at radius 2 is 2.46 bits per heavy atom. The van der Waals surface area contributed by atoms with Crippen molar-refractivity contribution in [3.8, 4) is 0 Å². The quantitative estimate of drug-likeness (QED) is 0.608. The highest BCUT2D eigenvalue weighted by molar-refractivity contribution is 5.78. The lowest BCUT2D eigenvalue weighted by atomic mass is 10.0. The first-order valence-corrected chi connectivity index (χ1v) is 4.82. The maximum Gasteiger partial charge on any atom is 0.222 e. The van der Waals surface area contributed by atoms with Gasteiger partial charge in [0.15, 0.2) is 0 Å². The number of nitrogens with two attached hydrogens (primary N) is 1. The van der Waals surface area contributed by atoms with Crippen LogP contribution in [0.4, 0.5) is 0 Å². The van der Waals surface area contributed by atoms with Crippen LogP contribution in [0, 0.1) is 0 Å². The van der Waals surface area contributed by atoms with E-state index in [2.05, 4.69) is 4.99 Å². The van der Waals surface area contributed by atoms with Gasteiger partial charge in [0.1, 0.15) is 0 Å². The van der Waals surface area contributed by atoms with Crippen LogP contribution >= 0.6 is 0 Å². The molecule has 72 valence electrons. The topological polar surface area (TPSA) is 58.7 Å². The maximum absolute atomic E-state index is 11.4. The van der Waals surface area contributed by atoms with Gasteiger partial charge in [-0.2, -0.15) is 0 Å². The first-order valence-electron chi connectivity index (χ1n) is 4.82. The van der Waals surface area contributed by atoms with E-state index in [0.29, 0.717) is 6.42 Å². The average Bonchev–Trinajstić information content (AvgIpc) is 2.51. The Labute approximate surface area is 77.8 Å². The summed E-state index contributed by atoms with van der Waals surface area (Å²) in [5.41, 5.74) is 5.75. The second-order valence-electron chi connectivity index (χ2n) is 3.76. The fourth-order valence-electron chi connectivity index (χ4n) is 2.05. The van der Waals surface area contributed by atoms with Gasteiger partial charge in [-0.1, -0.05) is 0 Å². The number of carbonyl (C=O) groups excluding carboxylic acids is 1. The third kappa shape index (κ3) is 1.72. The molecule has 0 bridgehead atoms. The van der Waals surface area contributed by atoms with E-state index in [0.717, 1.165) is 25.9 Å². The fraction of sp³-hybridized carbons (Fsp3) is 0.778. The normalized spacial score (nSPS) is 34.2. The molecule has 1 fully saturated rings. The van der Waals surface area contributed by atoms with E-state index in [9.17, 15) is 4.79 Å². The van der Waals surface area contributed by atoms with E-state index in [4.69, 9.17) is 5.73 Å². The van der Waals surface area contributed by atoms with Crippen LogP contribution in [0.5, 0.6) is 0 Å². The van der Waals surface area contributed by atoms with Crippen LogP contribution < -0.4 is 5.73 Å². The van der Waals surface area contributed by atoms with Gasteiger partial charge in [-0.25, -0.2) is 0 Å². The molecule has 13 heavy (non-hydrogen) atoms. The number of hydrogen-bond acceptors (Lipinski definition) is 3. The lowest BCUT2D eigenvalue weighted by Gasteiger charge is -2.30. The molecule has 0 aliphatic carbocycles. The molecule has 2 heterocycles. The highest BCUT2D eigenvalue weighted by Gasteiger charge is 2.29. The van der Waals surface area contributed by atoms with Crippen molar-refractivity contribution in [1.82, 2.24) is 4.90 Å². The van der Waals surface area contributed by atoms with Crippen LogP contribution in [0.1, 0.15) is 19.3 Å². The van der Waals surface area contributed by atoms with Crippen molar-refractivity contribution >= 4 is 12.1 Å². The summed E-state index contributed by atoms with van der Waals surface area (Å²) in [6.07, 6.45) is 4.36. The molecular formula is C9H15N3O. The van der Waals surface area contributed by atoms with Gasteiger partial charge in [-0.3, -0.25) is 9.79 Å². The first kappa shape index (κ1) is 8.69. The Morgan fingerprint density at radius 3 is 3.08 bits per heavy atom. The molecule has 2 rings (SSSR count). The van der Waals surface area contributed by atoms with Crippen molar-refractivity contribution in [2.75, 3.05) is 13.1 Å². The predicted molar refractivity (Wildman–Crippen MR) is 50.7 cm³/mol. The molecule has 1 amide bonds. The number of likely N-dealkylation sites (tertiary alicyclic amines) is 1. The van der Waals surface area contributed by atoms with Crippen molar-refractivity contribution in [2.24, 2.45) is 10.7 Å². The van der Waals surface area contributed by atoms with Crippen LogP contribution in [-0.4, -0.2) is 42.2 Å². The lowest BCUT2D eigenvalue weighted by Crippen LogP contribution is -2.45. The summed E-state index contributed by atoms with van der Waals surface area (Å²) in [6.45, 7) is 1.63. The molecule has 1 saturated heterocycles. The summed E-state index contributed by atoms with van der Waals surface area (Å²) in [4.78, 5) is 17.5. The summed E-state index contributed by atoms with van der Waals surface area (Å²) in [6, 6.07) is 0.294. The zero-order valence-electron chi connectivity index (χ0n) is 7.65. The summed E-state index contributed by atoms with van der Waals surface area (Å²) < 4.78 is 0. The molecule has 2 aliphatic rings. The van der Waals surface area contributed by atoms with E-state index in [1.54, 1.807) is 6.21 Å². The SMILES string of the molecule is NC1C=NCC(N2CCCC2=O)C1. The number of rotatable bonds is 1. The largest absolute Gasteiger partial charge is 0.338 e. The van der Waals surface area contributed by atoms with E-state index < -0.39 is 0 Å². The van der Waals surface area contributed by atoms with Crippen LogP contribution in [-0.2, 0) is 4.79 Å². The van der Waals surface area contributed by atoms with E-state index in [1.807, 2.05) is 4.90 Å². The minimum absolute atomic E-state index is 0.0344. The summed E-state index contributed by atoms with van der Waals surface area (Å²) in [5, 5.41) is 0. The van der Waals surface area contributed by atoms with E-state index in [-0.39, 0.29) is 18.0 Å². The number of carbonyl (C=O) groups is 1. The molecule has 2 atom stereocenters. The molecule has 0 aromatic carbocycles. The molecule has 2 aliphatic heterocycles. The summed E-state index contributed by atoms with van der Waals surface area (Å²) >= 11 is 0. The molecule has 0 radical (unpaired) electrons. The van der Waals surface area contributed by atoms with Gasteiger partial charge in [-0.15, -0.1) is 0 Å². The Balaban J connectivity index is 2.00. The van der Waals surface area contributed by atoms with Gasteiger partial charge in [0.05, 0.1) is 12.6 Å².